The molecule has 0 saturated carbocycles. The lowest BCUT2D eigenvalue weighted by Gasteiger charge is -1.92. The van der Waals surface area contributed by atoms with Gasteiger partial charge < -0.3 is 4.89 Å². The molecule has 0 bridgehead atoms. The van der Waals surface area contributed by atoms with Gasteiger partial charge in [-0.05, 0) is 12.9 Å². The fraction of sp³-hybridized carbons (Fsp3) is 0. The molecule has 37 valence electrons. The Hall–Kier alpha value is 0.460. The van der Waals surface area contributed by atoms with Crippen LogP contribution >= 0.6 is 20.7 Å². The van der Waals surface area contributed by atoms with Crippen molar-refractivity contribution in [1.82, 2.24) is 5.50 Å². The first kappa shape index (κ1) is 6.46. The van der Waals surface area contributed by atoms with Gasteiger partial charge in [0.15, 0.2) is 0 Å². The van der Waals surface area contributed by atoms with Crippen molar-refractivity contribution in [3.8, 4) is 0 Å². The number of hydrogen-bond donors (Lipinski definition) is 2. The Morgan fingerprint density at radius 3 is 2.17 bits per heavy atom. The van der Waals surface area contributed by atoms with Gasteiger partial charge in [-0.25, -0.2) is 8.54 Å². The predicted octanol–water partition coefficient (Wildman–Crippen LogP) is 0.231. The first-order chi connectivity index (χ1) is 2.56. The quantitative estimate of drug-likeness (QED) is 0.301. The second kappa shape index (κ2) is 1.95. The number of nitrogens with one attached hydrogen (secondary N) is 1. The molecular weight excluding hydrogens is 125 g/mol. The van der Waals surface area contributed by atoms with Crippen LogP contribution in [0.15, 0.2) is 0 Å². The summed E-state index contributed by atoms with van der Waals surface area (Å²) in [6, 6.07) is 0. The highest BCUT2D eigenvalue weighted by molar-refractivity contribution is 7.81. The van der Waals surface area contributed by atoms with E-state index in [0.717, 1.165) is 0 Å². The van der Waals surface area contributed by atoms with E-state index in [2.05, 4.69) is 16.9 Å². The van der Waals surface area contributed by atoms with E-state index >= 15 is 0 Å². The van der Waals surface area contributed by atoms with Crippen LogP contribution in [0.3, 0.4) is 0 Å². The fourth-order valence-corrected chi connectivity index (χ4v) is 0. The Morgan fingerprint density at radius 2 is 2.17 bits per heavy atom. The second-order valence-electron chi connectivity index (χ2n) is 0.602. The average molecular weight is 128 g/mol. The molecule has 0 aliphatic carbocycles. The minimum Gasteiger partial charge on any atom is -0.311 e. The average Bonchev–Trinajstić information content (AvgIpc) is 1.35. The van der Waals surface area contributed by atoms with Crippen molar-refractivity contribution < 1.29 is 13.4 Å². The van der Waals surface area contributed by atoms with Gasteiger partial charge in [0.2, 0.25) is 0 Å². The molecular formula is H3NO3PS. The highest BCUT2D eigenvalue weighted by Crippen LogP contribution is 2.35. The molecule has 0 saturated heterocycles. The predicted molar refractivity (Wildman–Crippen MR) is 23.0 cm³/mol. The summed E-state index contributed by atoms with van der Waals surface area (Å²) < 4.78 is 12.9. The first-order valence-corrected chi connectivity index (χ1v) is 2.91. The number of thiol groups is 1. The molecule has 6 heteroatoms. The van der Waals surface area contributed by atoms with Crippen LogP contribution in [0.25, 0.3) is 0 Å². The Balaban J connectivity index is 3.48. The zero-order chi connectivity index (χ0) is 5.21. The van der Waals surface area contributed by atoms with E-state index < -0.39 is 7.75 Å². The van der Waals surface area contributed by atoms with Crippen molar-refractivity contribution in [1.29, 1.82) is 0 Å². The monoisotopic (exact) mass is 128 g/mol. The van der Waals surface area contributed by atoms with Gasteiger partial charge in [0.25, 0.3) is 0 Å². The number of hydrogen-bond acceptors (Lipinski definition) is 3. The van der Waals surface area contributed by atoms with Crippen LogP contribution in [0, 0.1) is 0 Å². The lowest BCUT2D eigenvalue weighted by Crippen LogP contribution is -1.73. The highest BCUT2D eigenvalue weighted by atomic mass is 32.1. The van der Waals surface area contributed by atoms with Gasteiger partial charge in [0.1, 0.15) is 0 Å². The van der Waals surface area contributed by atoms with E-state index in [1.165, 1.54) is 0 Å². The molecule has 0 aliphatic heterocycles. The SMILES string of the molecule is [NH]P(=O)(O)OS. The standard InChI is InChI=1S/H3NO3PS/c1-5(2,3)4-6/h1,6H,(H,2,3). The van der Waals surface area contributed by atoms with Crippen molar-refractivity contribution in [2.75, 3.05) is 0 Å². The lowest BCUT2D eigenvalue weighted by molar-refractivity contribution is 0.403. The van der Waals surface area contributed by atoms with Crippen molar-refractivity contribution in [3.63, 3.8) is 0 Å². The Labute approximate surface area is 40.5 Å². The number of rotatable bonds is 1. The maximum Gasteiger partial charge on any atom is 0.427 e. The van der Waals surface area contributed by atoms with Crippen molar-refractivity contribution >= 4 is 20.7 Å². The summed E-state index contributed by atoms with van der Waals surface area (Å²) in [6.45, 7) is 0. The van der Waals surface area contributed by atoms with Crippen LogP contribution in [0.2, 0.25) is 0 Å². The summed E-state index contributed by atoms with van der Waals surface area (Å²) in [5.41, 5.74) is 5.99. The summed E-state index contributed by atoms with van der Waals surface area (Å²) in [6.07, 6.45) is 0. The molecule has 2 N–H and O–H groups in total. The summed E-state index contributed by atoms with van der Waals surface area (Å²) in [5.74, 6) is 0. The summed E-state index contributed by atoms with van der Waals surface area (Å²) in [7, 11) is -4.03. The maximum absolute atomic E-state index is 9.51. The van der Waals surface area contributed by atoms with Gasteiger partial charge in [-0.15, -0.1) is 5.50 Å². The van der Waals surface area contributed by atoms with Crippen LogP contribution in [-0.4, -0.2) is 4.89 Å². The van der Waals surface area contributed by atoms with E-state index in [-0.39, 0.29) is 0 Å². The van der Waals surface area contributed by atoms with Gasteiger partial charge in [-0.2, -0.15) is 0 Å². The minimum atomic E-state index is -4.03. The van der Waals surface area contributed by atoms with Gasteiger partial charge in [0, 0.05) is 0 Å². The Bertz CT molecular complexity index is 74.9. The van der Waals surface area contributed by atoms with Gasteiger partial charge in [-0.3, -0.25) is 0 Å². The van der Waals surface area contributed by atoms with Crippen molar-refractivity contribution in [2.24, 2.45) is 0 Å². The Kier molecular flexibility index (Phi) is 2.10. The molecule has 4 nitrogen and oxygen atoms in total. The molecule has 0 aromatic carbocycles. The van der Waals surface area contributed by atoms with Crippen LogP contribution in [0.4, 0.5) is 0 Å². The molecule has 0 rings (SSSR count). The first-order valence-electron chi connectivity index (χ1n) is 0.971. The topological polar surface area (TPSA) is 70.3 Å². The van der Waals surface area contributed by atoms with Gasteiger partial charge in [-0.1, -0.05) is 0 Å². The van der Waals surface area contributed by atoms with E-state index in [1.807, 2.05) is 0 Å². The van der Waals surface area contributed by atoms with E-state index in [9.17, 15) is 4.57 Å². The highest BCUT2D eigenvalue weighted by Gasteiger charge is 2.07. The molecule has 1 atom stereocenters. The normalized spacial score (nSPS) is 19.8. The van der Waals surface area contributed by atoms with Gasteiger partial charge >= 0.3 is 7.75 Å². The van der Waals surface area contributed by atoms with E-state index in [4.69, 9.17) is 10.4 Å². The summed E-state index contributed by atoms with van der Waals surface area (Å²) in [5, 5.41) is 0. The van der Waals surface area contributed by atoms with E-state index in [0.29, 0.717) is 0 Å². The summed E-state index contributed by atoms with van der Waals surface area (Å²) >= 11 is 2.90. The zero-order valence-electron chi connectivity index (χ0n) is 2.66. The molecule has 0 aromatic heterocycles. The van der Waals surface area contributed by atoms with Crippen LogP contribution in [-0.2, 0) is 8.54 Å². The molecule has 0 fully saturated rings. The third-order valence-electron chi connectivity index (χ3n) is 0.111. The largest absolute Gasteiger partial charge is 0.427 e. The fourth-order valence-electron chi connectivity index (χ4n) is 0. The Morgan fingerprint density at radius 1 is 2.00 bits per heavy atom. The molecule has 1 radical (unpaired) electrons. The lowest BCUT2D eigenvalue weighted by atomic mass is 13.9. The summed E-state index contributed by atoms with van der Waals surface area (Å²) in [4.78, 5) is 7.75. The third-order valence-corrected chi connectivity index (χ3v) is 0.996. The van der Waals surface area contributed by atoms with Crippen LogP contribution in [0.5, 0.6) is 0 Å². The van der Waals surface area contributed by atoms with Crippen molar-refractivity contribution in [3.05, 3.63) is 0 Å². The van der Waals surface area contributed by atoms with E-state index in [1.54, 1.807) is 0 Å². The molecule has 0 amide bonds. The van der Waals surface area contributed by atoms with Crippen LogP contribution in [0.1, 0.15) is 0 Å². The van der Waals surface area contributed by atoms with Crippen molar-refractivity contribution in [2.45, 2.75) is 0 Å². The molecule has 1 unspecified atom stereocenters. The smallest absolute Gasteiger partial charge is 0.311 e. The third kappa shape index (κ3) is 4.46. The zero-order valence-corrected chi connectivity index (χ0v) is 4.45. The molecule has 0 aliphatic rings. The molecule has 6 heavy (non-hydrogen) atoms. The molecule has 0 aromatic rings. The maximum atomic E-state index is 9.51. The molecule has 0 spiro atoms. The minimum absolute atomic E-state index is 2.90. The van der Waals surface area contributed by atoms with Crippen LogP contribution < -0.4 is 5.50 Å². The second-order valence-corrected chi connectivity index (χ2v) is 2.30. The van der Waals surface area contributed by atoms with Gasteiger partial charge in [0.05, 0.1) is 0 Å². The molecule has 0 heterocycles.